The van der Waals surface area contributed by atoms with Gasteiger partial charge in [-0.3, -0.25) is 19.6 Å². The summed E-state index contributed by atoms with van der Waals surface area (Å²) >= 11 is 0. The van der Waals surface area contributed by atoms with Crippen molar-refractivity contribution in [3.8, 4) is 0 Å². The summed E-state index contributed by atoms with van der Waals surface area (Å²) in [5.74, 6) is -0.291. The smallest absolute Gasteiger partial charge is 0.292 e. The molecule has 7 heteroatoms. The van der Waals surface area contributed by atoms with Gasteiger partial charge in [-0.1, -0.05) is 5.21 Å². The highest BCUT2D eigenvalue weighted by Crippen LogP contribution is 2.05. The molecule has 0 spiro atoms. The predicted octanol–water partition coefficient (Wildman–Crippen LogP) is 0.0390. The lowest BCUT2D eigenvalue weighted by Crippen LogP contribution is -2.25. The monoisotopic (exact) mass is 248 g/mol. The molecule has 96 valence electrons. The minimum atomic E-state index is -0.291. The van der Waals surface area contributed by atoms with Gasteiger partial charge in [-0.05, 0) is 26.0 Å². The molecule has 0 aliphatic rings. The molecule has 1 amide bonds. The van der Waals surface area contributed by atoms with Crippen LogP contribution in [0.15, 0.2) is 18.3 Å². The maximum Gasteiger partial charge on any atom is 0.292 e. The summed E-state index contributed by atoms with van der Waals surface area (Å²) in [5.41, 5.74) is 10.3. The Hall–Kier alpha value is -2.15. The van der Waals surface area contributed by atoms with E-state index in [2.05, 4.69) is 15.7 Å². The molecule has 0 fully saturated rings. The van der Waals surface area contributed by atoms with Gasteiger partial charge in [0.15, 0.2) is 5.69 Å². The summed E-state index contributed by atoms with van der Waals surface area (Å²) in [7, 11) is 0. The summed E-state index contributed by atoms with van der Waals surface area (Å²) in [6, 6.07) is 3.86. The summed E-state index contributed by atoms with van der Waals surface area (Å²) in [4.78, 5) is 12.0. The second-order valence-corrected chi connectivity index (χ2v) is 4.05. The van der Waals surface area contributed by atoms with Crippen LogP contribution in [0.5, 0.6) is 0 Å². The van der Waals surface area contributed by atoms with E-state index in [1.54, 1.807) is 15.6 Å². The van der Waals surface area contributed by atoms with E-state index >= 15 is 0 Å². The van der Waals surface area contributed by atoms with E-state index in [1.807, 2.05) is 26.0 Å². The van der Waals surface area contributed by atoms with Crippen LogP contribution >= 0.6 is 0 Å². The van der Waals surface area contributed by atoms with Crippen LogP contribution in [0, 0.1) is 13.8 Å². The van der Waals surface area contributed by atoms with Crippen LogP contribution in [-0.4, -0.2) is 32.1 Å². The molecule has 0 aromatic carbocycles. The minimum absolute atomic E-state index is 0.274. The molecule has 0 radical (unpaired) electrons. The third kappa shape index (κ3) is 2.40. The molecule has 0 atom stereocenters. The van der Waals surface area contributed by atoms with E-state index in [9.17, 15) is 4.79 Å². The molecule has 0 aliphatic heterocycles. The van der Waals surface area contributed by atoms with Gasteiger partial charge in [-0.15, -0.1) is 5.10 Å². The van der Waals surface area contributed by atoms with Crippen molar-refractivity contribution in [1.29, 1.82) is 0 Å². The Balaban J connectivity index is 2.12. The fraction of sp³-hybridized carbons (Fsp3) is 0.364. The van der Waals surface area contributed by atoms with Crippen molar-refractivity contribution in [2.45, 2.75) is 20.4 Å². The van der Waals surface area contributed by atoms with Gasteiger partial charge in [0.2, 0.25) is 0 Å². The highest BCUT2D eigenvalue weighted by Gasteiger charge is 2.12. The maximum absolute atomic E-state index is 12.0. The number of nitrogens with one attached hydrogen (secondary N) is 1. The highest BCUT2D eigenvalue weighted by atomic mass is 16.2. The number of amides is 1. The van der Waals surface area contributed by atoms with Crippen molar-refractivity contribution in [3.63, 3.8) is 0 Å². The normalized spacial score (nSPS) is 10.6. The molecule has 0 aliphatic carbocycles. The Bertz CT molecular complexity index is 536. The van der Waals surface area contributed by atoms with E-state index in [0.717, 1.165) is 11.4 Å². The van der Waals surface area contributed by atoms with Gasteiger partial charge in [0, 0.05) is 17.9 Å². The average molecular weight is 248 g/mol. The molecule has 0 saturated carbocycles. The van der Waals surface area contributed by atoms with Gasteiger partial charge < -0.3 is 5.73 Å². The Labute approximate surface area is 105 Å². The molecule has 7 nitrogen and oxygen atoms in total. The fourth-order valence-corrected chi connectivity index (χ4v) is 1.65. The number of aromatic nitrogens is 4. The van der Waals surface area contributed by atoms with Crippen LogP contribution < -0.4 is 11.2 Å². The summed E-state index contributed by atoms with van der Waals surface area (Å²) in [6.07, 6.45) is 1.58. The summed E-state index contributed by atoms with van der Waals surface area (Å²) in [5, 5.41) is 7.62. The first-order valence-electron chi connectivity index (χ1n) is 5.68. The van der Waals surface area contributed by atoms with E-state index in [-0.39, 0.29) is 11.6 Å². The number of hydrogen-bond donors (Lipinski definition) is 2. The molecule has 2 aromatic rings. The second-order valence-electron chi connectivity index (χ2n) is 4.05. The lowest BCUT2D eigenvalue weighted by atomic mass is 10.4. The number of carbonyl (C=O) groups is 1. The van der Waals surface area contributed by atoms with Gasteiger partial charge in [0.1, 0.15) is 0 Å². The number of aryl methyl sites for hydroxylation is 2. The molecule has 2 rings (SSSR count). The Morgan fingerprint density at radius 3 is 2.67 bits per heavy atom. The van der Waals surface area contributed by atoms with Crippen LogP contribution in [0.4, 0.5) is 0 Å². The van der Waals surface area contributed by atoms with Crippen molar-refractivity contribution in [2.75, 3.05) is 12.0 Å². The lowest BCUT2D eigenvalue weighted by molar-refractivity contribution is 0.100. The number of nitrogens with two attached hydrogens (primary N) is 1. The molecule has 2 heterocycles. The molecule has 18 heavy (non-hydrogen) atoms. The molecule has 3 N–H and O–H groups in total. The second kappa shape index (κ2) is 5.01. The maximum atomic E-state index is 12.0. The summed E-state index contributed by atoms with van der Waals surface area (Å²) in [6.45, 7) is 4.83. The van der Waals surface area contributed by atoms with Crippen molar-refractivity contribution in [1.82, 2.24) is 19.7 Å². The number of carbonyl (C=O) groups excluding carboxylic acids is 1. The van der Waals surface area contributed by atoms with Crippen LogP contribution in [0.2, 0.25) is 0 Å². The van der Waals surface area contributed by atoms with E-state index in [1.165, 1.54) is 0 Å². The fourth-order valence-electron chi connectivity index (χ4n) is 1.65. The van der Waals surface area contributed by atoms with E-state index < -0.39 is 0 Å². The van der Waals surface area contributed by atoms with E-state index in [0.29, 0.717) is 13.1 Å². The zero-order chi connectivity index (χ0) is 13.1. The van der Waals surface area contributed by atoms with Crippen molar-refractivity contribution in [3.05, 3.63) is 35.4 Å². The standard InChI is InChI=1S/C11H16N6O/c1-8-3-4-9(2)17(8)14-11(18)10-7-16(6-5-12)15-13-10/h3-4,7H,5-6,12H2,1-2H3,(H,14,18). The van der Waals surface area contributed by atoms with Gasteiger partial charge in [-0.2, -0.15) is 0 Å². The van der Waals surface area contributed by atoms with E-state index in [4.69, 9.17) is 5.73 Å². The zero-order valence-electron chi connectivity index (χ0n) is 10.4. The van der Waals surface area contributed by atoms with Crippen LogP contribution in [0.25, 0.3) is 0 Å². The van der Waals surface area contributed by atoms with Gasteiger partial charge >= 0.3 is 0 Å². The molecular weight excluding hydrogens is 232 g/mol. The molecule has 0 bridgehead atoms. The highest BCUT2D eigenvalue weighted by molar-refractivity contribution is 5.98. The van der Waals surface area contributed by atoms with Gasteiger partial charge in [0.05, 0.1) is 12.7 Å². The van der Waals surface area contributed by atoms with Crippen LogP contribution in [0.3, 0.4) is 0 Å². The van der Waals surface area contributed by atoms with Gasteiger partial charge in [0.25, 0.3) is 5.91 Å². The van der Waals surface area contributed by atoms with Gasteiger partial charge in [-0.25, -0.2) is 0 Å². The molecular formula is C11H16N6O. The first-order chi connectivity index (χ1) is 8.61. The number of hydrogen-bond acceptors (Lipinski definition) is 4. The summed E-state index contributed by atoms with van der Waals surface area (Å²) < 4.78 is 3.26. The largest absolute Gasteiger partial charge is 0.329 e. The first kappa shape index (κ1) is 12.3. The zero-order valence-corrected chi connectivity index (χ0v) is 10.4. The number of rotatable bonds is 4. The number of nitrogens with zero attached hydrogens (tertiary/aromatic N) is 4. The molecule has 0 saturated heterocycles. The van der Waals surface area contributed by atoms with Crippen LogP contribution in [0.1, 0.15) is 21.9 Å². The first-order valence-corrected chi connectivity index (χ1v) is 5.68. The lowest BCUT2D eigenvalue weighted by Gasteiger charge is -2.09. The third-order valence-corrected chi connectivity index (χ3v) is 2.61. The SMILES string of the molecule is Cc1ccc(C)n1NC(=O)c1cn(CCN)nn1. The molecule has 0 unspecified atom stereocenters. The predicted molar refractivity (Wildman–Crippen MR) is 66.7 cm³/mol. The van der Waals surface area contributed by atoms with Crippen LogP contribution in [-0.2, 0) is 6.54 Å². The molecule has 2 aromatic heterocycles. The topological polar surface area (TPSA) is 90.8 Å². The Morgan fingerprint density at radius 1 is 1.39 bits per heavy atom. The van der Waals surface area contributed by atoms with Crippen molar-refractivity contribution >= 4 is 5.91 Å². The Morgan fingerprint density at radius 2 is 2.06 bits per heavy atom. The van der Waals surface area contributed by atoms with Crippen molar-refractivity contribution in [2.24, 2.45) is 5.73 Å². The minimum Gasteiger partial charge on any atom is -0.329 e. The van der Waals surface area contributed by atoms with Crippen molar-refractivity contribution < 1.29 is 4.79 Å². The quantitative estimate of drug-likeness (QED) is 0.799. The third-order valence-electron chi connectivity index (χ3n) is 2.61. The average Bonchev–Trinajstić information content (AvgIpc) is 2.91. The Kier molecular flexibility index (Phi) is 3.42.